The van der Waals surface area contributed by atoms with Crippen LogP contribution in [-0.2, 0) is 0 Å². The SMILES string of the molecule is COc1cccc(Nc2nc(NN)nc3c2ncn3C(C)C)c1.Cl. The second-order valence-corrected chi connectivity index (χ2v) is 5.31. The summed E-state index contributed by atoms with van der Waals surface area (Å²) in [5.74, 6) is 7.15. The van der Waals surface area contributed by atoms with Gasteiger partial charge in [0.2, 0.25) is 5.95 Å². The summed E-state index contributed by atoms with van der Waals surface area (Å²) in [5, 5.41) is 3.25. The summed E-state index contributed by atoms with van der Waals surface area (Å²) in [6.45, 7) is 4.13. The number of halogens is 1. The van der Waals surface area contributed by atoms with Crippen LogP contribution in [0.5, 0.6) is 5.75 Å². The summed E-state index contributed by atoms with van der Waals surface area (Å²) in [7, 11) is 1.63. The minimum absolute atomic E-state index is 0. The Hall–Kier alpha value is -2.58. The Morgan fingerprint density at radius 3 is 2.71 bits per heavy atom. The minimum atomic E-state index is 0. The van der Waals surface area contributed by atoms with E-state index < -0.39 is 0 Å². The van der Waals surface area contributed by atoms with Crippen LogP contribution in [-0.4, -0.2) is 26.6 Å². The number of imidazole rings is 1. The van der Waals surface area contributed by atoms with Crippen molar-refractivity contribution in [2.24, 2.45) is 5.84 Å². The van der Waals surface area contributed by atoms with Gasteiger partial charge in [-0.15, -0.1) is 12.4 Å². The highest BCUT2D eigenvalue weighted by Gasteiger charge is 2.14. The number of hydrazine groups is 1. The molecule has 0 aliphatic carbocycles. The van der Waals surface area contributed by atoms with Gasteiger partial charge in [-0.05, 0) is 26.0 Å². The third-order valence-corrected chi connectivity index (χ3v) is 3.44. The molecule has 4 N–H and O–H groups in total. The number of benzene rings is 1. The van der Waals surface area contributed by atoms with E-state index in [1.165, 1.54) is 0 Å². The number of ether oxygens (including phenoxy) is 1. The average Bonchev–Trinajstić information content (AvgIpc) is 2.99. The van der Waals surface area contributed by atoms with Crippen LogP contribution < -0.4 is 21.3 Å². The van der Waals surface area contributed by atoms with Crippen LogP contribution in [0.15, 0.2) is 30.6 Å². The van der Waals surface area contributed by atoms with Crippen LogP contribution in [0.4, 0.5) is 17.5 Å². The molecule has 8 nitrogen and oxygen atoms in total. The van der Waals surface area contributed by atoms with Crippen LogP contribution in [0.25, 0.3) is 11.2 Å². The number of nitrogens with one attached hydrogen (secondary N) is 2. The Morgan fingerprint density at radius 2 is 2.04 bits per heavy atom. The van der Waals surface area contributed by atoms with E-state index in [9.17, 15) is 0 Å². The number of aromatic nitrogens is 4. The van der Waals surface area contributed by atoms with Crippen molar-refractivity contribution in [1.29, 1.82) is 0 Å². The van der Waals surface area contributed by atoms with Gasteiger partial charge in [-0.25, -0.2) is 10.8 Å². The molecule has 128 valence electrons. The second-order valence-electron chi connectivity index (χ2n) is 5.31. The zero-order valence-electron chi connectivity index (χ0n) is 13.6. The number of rotatable bonds is 5. The van der Waals surface area contributed by atoms with E-state index in [1.807, 2.05) is 28.8 Å². The van der Waals surface area contributed by atoms with Gasteiger partial charge in [-0.1, -0.05) is 6.07 Å². The van der Waals surface area contributed by atoms with E-state index >= 15 is 0 Å². The van der Waals surface area contributed by atoms with Crippen LogP contribution in [0, 0.1) is 0 Å². The lowest BCUT2D eigenvalue weighted by Crippen LogP contribution is -2.12. The van der Waals surface area contributed by atoms with Crippen molar-refractivity contribution < 1.29 is 4.74 Å². The molecule has 9 heteroatoms. The van der Waals surface area contributed by atoms with Crippen molar-refractivity contribution >= 4 is 41.0 Å². The molecule has 0 fully saturated rings. The summed E-state index contributed by atoms with van der Waals surface area (Å²) < 4.78 is 7.20. The maximum atomic E-state index is 5.49. The lowest BCUT2D eigenvalue weighted by Gasteiger charge is -2.11. The van der Waals surface area contributed by atoms with Crippen LogP contribution in [0.3, 0.4) is 0 Å². The first-order chi connectivity index (χ1) is 11.1. The van der Waals surface area contributed by atoms with Crippen LogP contribution in [0.1, 0.15) is 19.9 Å². The number of nitrogen functional groups attached to an aromatic ring is 1. The molecule has 24 heavy (non-hydrogen) atoms. The van der Waals surface area contributed by atoms with E-state index in [1.54, 1.807) is 13.4 Å². The highest BCUT2D eigenvalue weighted by molar-refractivity contribution is 5.86. The van der Waals surface area contributed by atoms with Gasteiger partial charge in [0.05, 0.1) is 13.4 Å². The Balaban J connectivity index is 0.00000208. The second kappa shape index (κ2) is 7.33. The van der Waals surface area contributed by atoms with Gasteiger partial charge in [0.1, 0.15) is 5.75 Å². The van der Waals surface area contributed by atoms with Crippen molar-refractivity contribution in [1.82, 2.24) is 19.5 Å². The Morgan fingerprint density at radius 1 is 1.25 bits per heavy atom. The number of nitrogens with two attached hydrogens (primary N) is 1. The normalized spacial score (nSPS) is 10.5. The molecule has 0 aliphatic heterocycles. The molecule has 3 rings (SSSR count). The first-order valence-electron chi connectivity index (χ1n) is 7.24. The van der Waals surface area contributed by atoms with Gasteiger partial charge in [0, 0.05) is 17.8 Å². The summed E-state index contributed by atoms with van der Waals surface area (Å²) >= 11 is 0. The van der Waals surface area contributed by atoms with Gasteiger partial charge in [-0.3, -0.25) is 5.43 Å². The van der Waals surface area contributed by atoms with E-state index in [0.717, 1.165) is 11.4 Å². The smallest absolute Gasteiger partial charge is 0.241 e. The number of hydrogen-bond donors (Lipinski definition) is 3. The van der Waals surface area contributed by atoms with Crippen LogP contribution in [0.2, 0.25) is 0 Å². The highest BCUT2D eigenvalue weighted by Crippen LogP contribution is 2.27. The first kappa shape index (κ1) is 17.8. The molecule has 0 saturated heterocycles. The topological polar surface area (TPSA) is 103 Å². The highest BCUT2D eigenvalue weighted by atomic mass is 35.5. The van der Waals surface area contributed by atoms with Gasteiger partial charge in [-0.2, -0.15) is 9.97 Å². The van der Waals surface area contributed by atoms with E-state index in [4.69, 9.17) is 10.6 Å². The van der Waals surface area contributed by atoms with Gasteiger partial charge < -0.3 is 14.6 Å². The Kier molecular flexibility index (Phi) is 5.42. The number of hydrogen-bond acceptors (Lipinski definition) is 7. The molecule has 2 heterocycles. The predicted octanol–water partition coefficient (Wildman–Crippen LogP) is 2.87. The monoisotopic (exact) mass is 349 g/mol. The molecule has 1 aromatic carbocycles. The van der Waals surface area contributed by atoms with Crippen molar-refractivity contribution in [3.8, 4) is 5.75 Å². The standard InChI is InChI=1S/C15H19N7O.ClH/c1-9(2)22-8-17-12-13(19-15(21-16)20-14(12)22)18-10-5-4-6-11(7-10)23-3;/h4-9H,16H2,1-3H3,(H2,18,19,20,21);1H. The predicted molar refractivity (Wildman–Crippen MR) is 97.0 cm³/mol. The van der Waals surface area contributed by atoms with E-state index in [2.05, 4.69) is 39.5 Å². The van der Waals surface area contributed by atoms with Crippen molar-refractivity contribution in [2.75, 3.05) is 17.9 Å². The number of nitrogens with zero attached hydrogens (tertiary/aromatic N) is 4. The van der Waals surface area contributed by atoms with Gasteiger partial charge in [0.15, 0.2) is 17.0 Å². The fourth-order valence-electron chi connectivity index (χ4n) is 2.28. The summed E-state index contributed by atoms with van der Waals surface area (Å²) in [5.41, 5.74) is 4.73. The molecule has 0 unspecified atom stereocenters. The van der Waals surface area contributed by atoms with Gasteiger partial charge in [0.25, 0.3) is 0 Å². The first-order valence-corrected chi connectivity index (χ1v) is 7.24. The molecule has 0 aliphatic rings. The minimum Gasteiger partial charge on any atom is -0.497 e. The molecule has 2 aromatic heterocycles. The summed E-state index contributed by atoms with van der Waals surface area (Å²) in [6, 6.07) is 7.80. The largest absolute Gasteiger partial charge is 0.497 e. The Bertz CT molecular complexity index is 834. The molecule has 0 bridgehead atoms. The molecule has 0 radical (unpaired) electrons. The Labute approximate surface area is 145 Å². The number of methoxy groups -OCH3 is 1. The summed E-state index contributed by atoms with van der Waals surface area (Å²) in [6.07, 6.45) is 1.75. The molecular weight excluding hydrogens is 330 g/mol. The average molecular weight is 350 g/mol. The molecule has 0 saturated carbocycles. The fourth-order valence-corrected chi connectivity index (χ4v) is 2.28. The fraction of sp³-hybridized carbons (Fsp3) is 0.267. The van der Waals surface area contributed by atoms with Gasteiger partial charge >= 0.3 is 0 Å². The summed E-state index contributed by atoms with van der Waals surface area (Å²) in [4.78, 5) is 13.2. The maximum absolute atomic E-state index is 5.49. The van der Waals surface area contributed by atoms with E-state index in [-0.39, 0.29) is 18.4 Å². The van der Waals surface area contributed by atoms with Crippen molar-refractivity contribution in [3.63, 3.8) is 0 Å². The zero-order valence-corrected chi connectivity index (χ0v) is 14.5. The molecule has 0 amide bonds. The number of anilines is 3. The molecule has 3 aromatic rings. The van der Waals surface area contributed by atoms with Crippen molar-refractivity contribution in [2.45, 2.75) is 19.9 Å². The molecular formula is C15H20ClN7O. The molecule has 0 spiro atoms. The third kappa shape index (κ3) is 3.34. The maximum Gasteiger partial charge on any atom is 0.241 e. The lowest BCUT2D eigenvalue weighted by molar-refractivity contribution is 0.415. The van der Waals surface area contributed by atoms with Crippen LogP contribution >= 0.6 is 12.4 Å². The third-order valence-electron chi connectivity index (χ3n) is 3.44. The number of fused-ring (bicyclic) bond motifs is 1. The quantitative estimate of drug-likeness (QED) is 0.480. The van der Waals surface area contributed by atoms with E-state index in [0.29, 0.717) is 22.9 Å². The zero-order chi connectivity index (χ0) is 16.4. The van der Waals surface area contributed by atoms with Crippen molar-refractivity contribution in [3.05, 3.63) is 30.6 Å². The lowest BCUT2D eigenvalue weighted by atomic mass is 10.3. The molecule has 0 atom stereocenters.